The number of rotatable bonds is 7. The van der Waals surface area contributed by atoms with Gasteiger partial charge >= 0.3 is 0 Å². The molecule has 2 aromatic carbocycles. The van der Waals surface area contributed by atoms with Gasteiger partial charge in [-0.05, 0) is 49.5 Å². The van der Waals surface area contributed by atoms with E-state index < -0.39 is 0 Å². The molecule has 0 aliphatic heterocycles. The molecule has 0 amide bonds. The van der Waals surface area contributed by atoms with Gasteiger partial charge in [0.2, 0.25) is 5.11 Å². The van der Waals surface area contributed by atoms with Gasteiger partial charge in [0, 0.05) is 27.7 Å². The number of methoxy groups -OCH3 is 1. The Labute approximate surface area is 168 Å². The molecule has 26 heavy (non-hydrogen) atoms. The molecule has 0 saturated heterocycles. The van der Waals surface area contributed by atoms with Gasteiger partial charge in [-0.2, -0.15) is 0 Å². The molecule has 3 N–H and O–H groups in total. The van der Waals surface area contributed by atoms with Gasteiger partial charge in [-0.25, -0.2) is 0 Å². The molecule has 2 rings (SSSR count). The maximum Gasteiger partial charge on any atom is 0.223 e. The van der Waals surface area contributed by atoms with Gasteiger partial charge in [0.15, 0.2) is 17.7 Å². The van der Waals surface area contributed by atoms with Crippen molar-refractivity contribution in [3.05, 3.63) is 57.6 Å². The summed E-state index contributed by atoms with van der Waals surface area (Å²) in [5.74, 6) is 1.23. The van der Waals surface area contributed by atoms with E-state index in [-0.39, 0.29) is 0 Å². The van der Waals surface area contributed by atoms with E-state index in [1.54, 1.807) is 25.5 Å². The molecule has 0 aliphatic carbocycles. The van der Waals surface area contributed by atoms with Gasteiger partial charge in [-0.3, -0.25) is 0 Å². The van der Waals surface area contributed by atoms with Crippen LogP contribution in [0.2, 0.25) is 10.0 Å². The summed E-state index contributed by atoms with van der Waals surface area (Å²) in [6.07, 6.45) is 1.77. The molecule has 0 spiro atoms. The zero-order chi connectivity index (χ0) is 18.9. The lowest BCUT2D eigenvalue weighted by Gasteiger charge is -2.12. The second-order valence-electron chi connectivity index (χ2n) is 5.21. The van der Waals surface area contributed by atoms with Crippen molar-refractivity contribution < 1.29 is 14.6 Å². The number of nitrogens with one attached hydrogen (secondary N) is 3. The van der Waals surface area contributed by atoms with Crippen LogP contribution in [-0.4, -0.2) is 25.0 Å². The molecular formula is C18H20Cl2N3O2S+. The summed E-state index contributed by atoms with van der Waals surface area (Å²) < 4.78 is 11.2. The van der Waals surface area contributed by atoms with Gasteiger partial charge in [0.25, 0.3) is 0 Å². The van der Waals surface area contributed by atoms with Gasteiger partial charge in [0.05, 0.1) is 7.11 Å². The minimum Gasteiger partial charge on any atom is -0.493 e. The summed E-state index contributed by atoms with van der Waals surface area (Å²) in [5.41, 5.74) is 4.60. The van der Waals surface area contributed by atoms with Crippen LogP contribution in [0.25, 0.3) is 0 Å². The fourth-order valence-electron chi connectivity index (χ4n) is 2.08. The van der Waals surface area contributed by atoms with Crippen LogP contribution >= 0.6 is 35.4 Å². The third kappa shape index (κ3) is 6.05. The fraction of sp³-hybridized carbons (Fsp3) is 0.222. The molecule has 0 radical (unpaired) electrons. The first-order valence-electron chi connectivity index (χ1n) is 7.90. The predicted octanol–water partition coefficient (Wildman–Crippen LogP) is 2.48. The Balaban J connectivity index is 2.03. The van der Waals surface area contributed by atoms with E-state index in [2.05, 4.69) is 15.8 Å². The van der Waals surface area contributed by atoms with E-state index in [9.17, 15) is 0 Å². The Hall–Kier alpha value is -2.02. The average molecular weight is 413 g/mol. The molecule has 8 heteroatoms. The fourth-order valence-corrected chi connectivity index (χ4v) is 2.74. The second-order valence-corrected chi connectivity index (χ2v) is 6.46. The number of hydrazone groups is 1. The smallest absolute Gasteiger partial charge is 0.223 e. The van der Waals surface area contributed by atoms with Crippen LogP contribution < -0.4 is 25.3 Å². The summed E-state index contributed by atoms with van der Waals surface area (Å²) in [7, 11) is 1.59. The molecule has 0 atom stereocenters. The Morgan fingerprint density at radius 2 is 2.00 bits per heavy atom. The Bertz CT molecular complexity index is 800. The molecule has 0 unspecified atom stereocenters. The van der Waals surface area contributed by atoms with Crippen molar-refractivity contribution in [3.8, 4) is 11.5 Å². The first-order chi connectivity index (χ1) is 12.5. The molecule has 0 aliphatic rings. The number of thiocarbonyl (C=S) groups is 1. The summed E-state index contributed by atoms with van der Waals surface area (Å²) >= 11 is 17.1. The lowest BCUT2D eigenvalue weighted by molar-refractivity contribution is -0.500. The van der Waals surface area contributed by atoms with Crippen LogP contribution in [-0.2, 0) is 6.61 Å². The molecule has 0 fully saturated rings. The summed E-state index contributed by atoms with van der Waals surface area (Å²) in [6.45, 7) is 3.04. The van der Waals surface area contributed by atoms with E-state index in [0.717, 1.165) is 17.7 Å². The molecular weight excluding hydrogens is 393 g/mol. The SMILES string of the molecule is CCNC(=S)N[NH+]=Cc1ccc(OCc2ccc(Cl)cc2Cl)c(OC)c1. The minimum absolute atomic E-state index is 0.312. The van der Waals surface area contributed by atoms with Crippen molar-refractivity contribution in [2.24, 2.45) is 0 Å². The maximum atomic E-state index is 6.17. The Morgan fingerprint density at radius 1 is 1.19 bits per heavy atom. The van der Waals surface area contributed by atoms with Crippen molar-refractivity contribution in [2.75, 3.05) is 13.7 Å². The van der Waals surface area contributed by atoms with E-state index >= 15 is 0 Å². The van der Waals surface area contributed by atoms with Crippen LogP contribution in [0.5, 0.6) is 11.5 Å². The minimum atomic E-state index is 0.312. The Morgan fingerprint density at radius 3 is 2.69 bits per heavy atom. The maximum absolute atomic E-state index is 6.17. The zero-order valence-electron chi connectivity index (χ0n) is 14.4. The highest BCUT2D eigenvalue weighted by Crippen LogP contribution is 2.29. The van der Waals surface area contributed by atoms with Crippen molar-refractivity contribution >= 4 is 46.7 Å². The molecule has 0 heterocycles. The number of benzene rings is 2. The van der Waals surface area contributed by atoms with Crippen LogP contribution in [0.3, 0.4) is 0 Å². The zero-order valence-corrected chi connectivity index (χ0v) is 16.8. The monoisotopic (exact) mass is 412 g/mol. The van der Waals surface area contributed by atoms with Gasteiger partial charge < -0.3 is 14.8 Å². The predicted molar refractivity (Wildman–Crippen MR) is 109 cm³/mol. The number of halogens is 2. The first kappa shape index (κ1) is 20.3. The number of hydrogen-bond donors (Lipinski definition) is 3. The largest absolute Gasteiger partial charge is 0.493 e. The van der Waals surface area contributed by atoms with Crippen molar-refractivity contribution in [1.29, 1.82) is 0 Å². The molecule has 138 valence electrons. The number of hydrazine groups is 1. The number of hydrogen-bond acceptors (Lipinski definition) is 3. The summed E-state index contributed by atoms with van der Waals surface area (Å²) in [5, 5.41) is 7.58. The van der Waals surface area contributed by atoms with Crippen LogP contribution in [0.15, 0.2) is 36.4 Å². The van der Waals surface area contributed by atoms with Crippen LogP contribution in [0.1, 0.15) is 18.1 Å². The number of ether oxygens (including phenoxy) is 2. The molecule has 2 aromatic rings. The van der Waals surface area contributed by atoms with E-state index in [0.29, 0.717) is 33.3 Å². The van der Waals surface area contributed by atoms with Gasteiger partial charge in [0.1, 0.15) is 6.61 Å². The van der Waals surface area contributed by atoms with E-state index in [4.69, 9.17) is 44.9 Å². The highest BCUT2D eigenvalue weighted by molar-refractivity contribution is 7.80. The molecule has 0 aromatic heterocycles. The summed E-state index contributed by atoms with van der Waals surface area (Å²) in [6, 6.07) is 10.9. The second kappa shape index (κ2) is 10.2. The third-order valence-electron chi connectivity index (χ3n) is 3.35. The van der Waals surface area contributed by atoms with Gasteiger partial charge in [-0.1, -0.05) is 29.3 Å². The normalized spacial score (nSPS) is 10.6. The topological polar surface area (TPSA) is 56.5 Å². The Kier molecular flexibility index (Phi) is 7.97. The van der Waals surface area contributed by atoms with Crippen LogP contribution in [0.4, 0.5) is 0 Å². The average Bonchev–Trinajstić information content (AvgIpc) is 2.61. The van der Waals surface area contributed by atoms with Gasteiger partial charge in [-0.15, -0.1) is 10.5 Å². The quantitative estimate of drug-likeness (QED) is 0.370. The lowest BCUT2D eigenvalue weighted by atomic mass is 10.2. The summed E-state index contributed by atoms with van der Waals surface area (Å²) in [4.78, 5) is 0. The van der Waals surface area contributed by atoms with Crippen molar-refractivity contribution in [3.63, 3.8) is 0 Å². The van der Waals surface area contributed by atoms with Crippen LogP contribution in [0, 0.1) is 0 Å². The van der Waals surface area contributed by atoms with Crippen molar-refractivity contribution in [2.45, 2.75) is 13.5 Å². The molecule has 0 saturated carbocycles. The third-order valence-corrected chi connectivity index (χ3v) is 4.18. The highest BCUT2D eigenvalue weighted by atomic mass is 35.5. The van der Waals surface area contributed by atoms with Crippen molar-refractivity contribution in [1.82, 2.24) is 10.7 Å². The highest BCUT2D eigenvalue weighted by Gasteiger charge is 2.08. The first-order valence-corrected chi connectivity index (χ1v) is 9.07. The lowest BCUT2D eigenvalue weighted by Crippen LogP contribution is -2.82. The van der Waals surface area contributed by atoms with E-state index in [1.807, 2.05) is 31.2 Å². The van der Waals surface area contributed by atoms with E-state index in [1.165, 1.54) is 0 Å². The molecule has 0 bridgehead atoms. The standard InChI is InChI=1S/C18H19Cl2N3O2S/c1-3-21-18(26)23-22-10-12-4-7-16(17(8-12)24-2)25-11-13-5-6-14(19)9-15(13)20/h4-10H,3,11H2,1-2H3,(H2,21,23,26)/p+1. The molecule has 5 nitrogen and oxygen atoms in total.